The molecule has 1 aliphatic heterocycles. The molecule has 1 aliphatic rings. The van der Waals surface area contributed by atoms with E-state index in [-0.39, 0.29) is 6.10 Å². The molecule has 3 rings (SSSR count). The molecule has 0 amide bonds. The first-order valence-electron chi connectivity index (χ1n) is 6.09. The summed E-state index contributed by atoms with van der Waals surface area (Å²) in [4.78, 5) is 8.78. The molecule has 0 unspecified atom stereocenters. The fourth-order valence-electron chi connectivity index (χ4n) is 2.11. The molecule has 6 heteroatoms. The summed E-state index contributed by atoms with van der Waals surface area (Å²) in [6, 6.07) is 1.86. The molecule has 100 valence electrons. The van der Waals surface area contributed by atoms with E-state index < -0.39 is 0 Å². The van der Waals surface area contributed by atoms with Crippen LogP contribution in [0.1, 0.15) is 27.9 Å². The molecule has 0 spiro atoms. The first-order valence-corrected chi connectivity index (χ1v) is 7.34. The van der Waals surface area contributed by atoms with E-state index >= 15 is 0 Å². The smallest absolute Gasteiger partial charge is 0.220 e. The van der Waals surface area contributed by atoms with Crippen LogP contribution in [0.4, 0.5) is 0 Å². The predicted molar refractivity (Wildman–Crippen MR) is 75.9 cm³/mol. The molecule has 0 saturated carbocycles. The van der Waals surface area contributed by atoms with Gasteiger partial charge in [0.05, 0.1) is 0 Å². The lowest BCUT2D eigenvalue weighted by molar-refractivity contribution is 0.201. The summed E-state index contributed by atoms with van der Waals surface area (Å²) in [6.45, 7) is 5.47. The topological polar surface area (TPSA) is 47.0 Å². The molecule has 0 radical (unpaired) electrons. The number of fused-ring (bicyclic) bond motifs is 1. The van der Waals surface area contributed by atoms with Gasteiger partial charge in [0, 0.05) is 29.7 Å². The van der Waals surface area contributed by atoms with Crippen molar-refractivity contribution in [1.29, 1.82) is 0 Å². The Bertz CT molecular complexity index is 614. The maximum Gasteiger partial charge on any atom is 0.220 e. The van der Waals surface area contributed by atoms with Crippen LogP contribution >= 0.6 is 22.9 Å². The van der Waals surface area contributed by atoms with Crippen molar-refractivity contribution in [1.82, 2.24) is 15.3 Å². The highest BCUT2D eigenvalue weighted by Crippen LogP contribution is 2.31. The first-order chi connectivity index (χ1) is 9.13. The number of thiazole rings is 1. The lowest BCUT2D eigenvalue weighted by Gasteiger charge is -2.14. The highest BCUT2D eigenvalue weighted by molar-refractivity contribution is 7.09. The zero-order chi connectivity index (χ0) is 13.4. The van der Waals surface area contributed by atoms with Crippen LogP contribution in [0.3, 0.4) is 0 Å². The summed E-state index contributed by atoms with van der Waals surface area (Å²) in [6.07, 6.45) is -0.106. The van der Waals surface area contributed by atoms with E-state index in [1.807, 2.05) is 25.3 Å². The highest BCUT2D eigenvalue weighted by atomic mass is 35.5. The van der Waals surface area contributed by atoms with Gasteiger partial charge < -0.3 is 10.1 Å². The summed E-state index contributed by atoms with van der Waals surface area (Å²) in [5.74, 6) is 0.618. The number of hydrogen-bond acceptors (Lipinski definition) is 5. The molecule has 4 nitrogen and oxygen atoms in total. The van der Waals surface area contributed by atoms with Gasteiger partial charge in [0.2, 0.25) is 5.88 Å². The van der Waals surface area contributed by atoms with Crippen molar-refractivity contribution in [3.05, 3.63) is 38.4 Å². The van der Waals surface area contributed by atoms with E-state index in [0.717, 1.165) is 34.9 Å². The second-order valence-corrected chi connectivity index (χ2v) is 5.89. The molecule has 0 aliphatic carbocycles. The third-order valence-corrected chi connectivity index (χ3v) is 4.32. The van der Waals surface area contributed by atoms with Crippen LogP contribution in [0, 0.1) is 13.8 Å². The highest BCUT2D eigenvalue weighted by Gasteiger charge is 2.23. The lowest BCUT2D eigenvalue weighted by atomic mass is 10.1. The number of nitrogens with zero attached hydrogens (tertiary/aromatic N) is 2. The Labute approximate surface area is 120 Å². The molecule has 0 fully saturated rings. The van der Waals surface area contributed by atoms with E-state index in [0.29, 0.717) is 11.0 Å². The van der Waals surface area contributed by atoms with Gasteiger partial charge in [-0.15, -0.1) is 11.3 Å². The number of rotatable bonds is 1. The first kappa shape index (κ1) is 12.8. The fraction of sp³-hybridized carbons (Fsp3) is 0.385. The van der Waals surface area contributed by atoms with Crippen molar-refractivity contribution in [2.24, 2.45) is 0 Å². The van der Waals surface area contributed by atoms with Crippen LogP contribution in [0.25, 0.3) is 0 Å². The Morgan fingerprint density at radius 3 is 3.00 bits per heavy atom. The molecule has 1 N–H and O–H groups in total. The van der Waals surface area contributed by atoms with E-state index in [1.165, 1.54) is 0 Å². The fourth-order valence-corrected chi connectivity index (χ4v) is 3.17. The van der Waals surface area contributed by atoms with E-state index in [2.05, 4.69) is 15.3 Å². The van der Waals surface area contributed by atoms with Gasteiger partial charge in [-0.05, 0) is 25.5 Å². The average Bonchev–Trinajstić information content (AvgIpc) is 2.66. The van der Waals surface area contributed by atoms with Crippen LogP contribution in [-0.4, -0.2) is 16.5 Å². The number of hydrogen-bond donors (Lipinski definition) is 1. The molecule has 3 heterocycles. The van der Waals surface area contributed by atoms with Crippen molar-refractivity contribution in [3.8, 4) is 5.88 Å². The number of aryl methyl sites for hydroxylation is 2. The van der Waals surface area contributed by atoms with Gasteiger partial charge in [-0.3, -0.25) is 0 Å². The summed E-state index contributed by atoms with van der Waals surface area (Å²) >= 11 is 7.62. The minimum atomic E-state index is -0.106. The van der Waals surface area contributed by atoms with Crippen LogP contribution in [0.5, 0.6) is 5.88 Å². The monoisotopic (exact) mass is 295 g/mol. The zero-order valence-electron chi connectivity index (χ0n) is 10.7. The average molecular weight is 296 g/mol. The SMILES string of the molecule is Cc1csc([C@@H]2CNCc3c(C)cc(Cl)nc3O2)n1. The van der Waals surface area contributed by atoms with Gasteiger partial charge in [-0.2, -0.15) is 0 Å². The van der Waals surface area contributed by atoms with Crippen molar-refractivity contribution < 1.29 is 4.74 Å². The molecule has 0 saturated heterocycles. The molecule has 19 heavy (non-hydrogen) atoms. The van der Waals surface area contributed by atoms with E-state index in [1.54, 1.807) is 11.3 Å². The molecular weight excluding hydrogens is 282 g/mol. The molecule has 2 aromatic rings. The van der Waals surface area contributed by atoms with Crippen LogP contribution in [0.2, 0.25) is 5.15 Å². The Hall–Kier alpha value is -1.17. The van der Waals surface area contributed by atoms with Crippen molar-refractivity contribution in [2.75, 3.05) is 6.54 Å². The van der Waals surface area contributed by atoms with Gasteiger partial charge in [0.15, 0.2) is 6.10 Å². The van der Waals surface area contributed by atoms with Crippen molar-refractivity contribution >= 4 is 22.9 Å². The Morgan fingerprint density at radius 1 is 1.42 bits per heavy atom. The summed E-state index contributed by atoms with van der Waals surface area (Å²) in [5.41, 5.74) is 3.18. The number of aromatic nitrogens is 2. The summed E-state index contributed by atoms with van der Waals surface area (Å²) < 4.78 is 6.01. The molecule has 2 aromatic heterocycles. The zero-order valence-corrected chi connectivity index (χ0v) is 12.3. The maximum absolute atomic E-state index is 6.01. The van der Waals surface area contributed by atoms with Crippen molar-refractivity contribution in [2.45, 2.75) is 26.5 Å². The standard InChI is InChI=1S/C13H14ClN3OS/c1-7-3-11(14)17-12-9(7)4-15-5-10(18-12)13-16-8(2)6-19-13/h3,6,10,15H,4-5H2,1-2H3/t10-/m0/s1. The number of pyridine rings is 1. The largest absolute Gasteiger partial charge is 0.465 e. The van der Waals surface area contributed by atoms with Gasteiger partial charge >= 0.3 is 0 Å². The van der Waals surface area contributed by atoms with Crippen molar-refractivity contribution in [3.63, 3.8) is 0 Å². The number of ether oxygens (including phenoxy) is 1. The number of halogens is 1. The van der Waals surface area contributed by atoms with Gasteiger partial charge in [-0.1, -0.05) is 11.6 Å². The second-order valence-electron chi connectivity index (χ2n) is 4.61. The summed E-state index contributed by atoms with van der Waals surface area (Å²) in [5, 5.41) is 6.84. The molecular formula is C13H14ClN3OS. The summed E-state index contributed by atoms with van der Waals surface area (Å²) in [7, 11) is 0. The van der Waals surface area contributed by atoms with Crippen LogP contribution < -0.4 is 10.1 Å². The van der Waals surface area contributed by atoms with Gasteiger partial charge in [0.1, 0.15) is 10.2 Å². The normalized spacial score (nSPS) is 18.6. The Kier molecular flexibility index (Phi) is 3.43. The van der Waals surface area contributed by atoms with E-state index in [4.69, 9.17) is 16.3 Å². The van der Waals surface area contributed by atoms with Crippen LogP contribution in [0.15, 0.2) is 11.4 Å². The Morgan fingerprint density at radius 2 is 2.26 bits per heavy atom. The lowest BCUT2D eigenvalue weighted by Crippen LogP contribution is -2.21. The second kappa shape index (κ2) is 5.07. The molecule has 0 bridgehead atoms. The number of nitrogens with one attached hydrogen (secondary N) is 1. The van der Waals surface area contributed by atoms with Gasteiger partial charge in [-0.25, -0.2) is 9.97 Å². The van der Waals surface area contributed by atoms with Crippen LogP contribution in [-0.2, 0) is 6.54 Å². The minimum Gasteiger partial charge on any atom is -0.465 e. The van der Waals surface area contributed by atoms with Gasteiger partial charge in [0.25, 0.3) is 0 Å². The Balaban J connectivity index is 1.96. The van der Waals surface area contributed by atoms with E-state index in [9.17, 15) is 0 Å². The molecule has 0 aromatic carbocycles. The minimum absolute atomic E-state index is 0.106. The quantitative estimate of drug-likeness (QED) is 0.822. The maximum atomic E-state index is 6.01. The predicted octanol–water partition coefficient (Wildman–Crippen LogP) is 3.03. The third kappa shape index (κ3) is 2.59. The molecule has 1 atom stereocenters. The third-order valence-electron chi connectivity index (χ3n) is 3.08.